The van der Waals surface area contributed by atoms with Gasteiger partial charge in [0, 0.05) is 5.69 Å². The van der Waals surface area contributed by atoms with Gasteiger partial charge in [-0.05, 0) is 42.2 Å². The quantitative estimate of drug-likeness (QED) is 0.605. The third-order valence-corrected chi connectivity index (χ3v) is 5.15. The zero-order valence-electron chi connectivity index (χ0n) is 17.6. The molecule has 2 rings (SSSR count). The second-order valence-electron chi connectivity index (χ2n) is 7.88. The second kappa shape index (κ2) is 10.9. The van der Waals surface area contributed by atoms with Crippen molar-refractivity contribution in [1.82, 2.24) is 5.32 Å². The predicted molar refractivity (Wildman–Crippen MR) is 121 cm³/mol. The molecule has 2 aromatic carbocycles. The molecule has 2 amide bonds. The Labute approximate surface area is 177 Å². The van der Waals surface area contributed by atoms with Crippen LogP contribution in [0.3, 0.4) is 0 Å². The molecule has 0 aliphatic heterocycles. The maximum absolute atomic E-state index is 11.9. The lowest BCUT2D eigenvalue weighted by Crippen LogP contribution is -2.30. The summed E-state index contributed by atoms with van der Waals surface area (Å²) < 4.78 is 5.66. The average Bonchev–Trinajstić information content (AvgIpc) is 2.67. The van der Waals surface area contributed by atoms with Gasteiger partial charge in [0.05, 0.1) is 18.1 Å². The van der Waals surface area contributed by atoms with E-state index < -0.39 is 0 Å². The van der Waals surface area contributed by atoms with Crippen LogP contribution in [0.15, 0.2) is 48.5 Å². The highest BCUT2D eigenvalue weighted by Crippen LogP contribution is 2.24. The van der Waals surface area contributed by atoms with Gasteiger partial charge in [0.15, 0.2) is 0 Å². The van der Waals surface area contributed by atoms with Crippen molar-refractivity contribution in [1.29, 1.82) is 0 Å². The topological polar surface area (TPSA) is 67.4 Å². The Bertz CT molecular complexity index is 796. The first-order valence-corrected chi connectivity index (χ1v) is 10.8. The van der Waals surface area contributed by atoms with E-state index in [4.69, 9.17) is 4.74 Å². The summed E-state index contributed by atoms with van der Waals surface area (Å²) >= 11 is 1.29. The third kappa shape index (κ3) is 8.60. The molecule has 0 atom stereocenters. The zero-order chi connectivity index (χ0) is 21.3. The van der Waals surface area contributed by atoms with Crippen LogP contribution in [0.1, 0.15) is 31.9 Å². The molecule has 2 N–H and O–H groups in total. The zero-order valence-corrected chi connectivity index (χ0v) is 18.4. The van der Waals surface area contributed by atoms with Crippen molar-refractivity contribution in [3.8, 4) is 5.75 Å². The van der Waals surface area contributed by atoms with Crippen molar-refractivity contribution in [2.24, 2.45) is 0 Å². The molecule has 5 nitrogen and oxygen atoms in total. The van der Waals surface area contributed by atoms with Crippen molar-refractivity contribution >= 4 is 29.3 Å². The molecule has 0 bridgehead atoms. The number of ether oxygens (including phenoxy) is 1. The van der Waals surface area contributed by atoms with Gasteiger partial charge in [-0.3, -0.25) is 9.59 Å². The van der Waals surface area contributed by atoms with E-state index in [0.717, 1.165) is 17.0 Å². The number of aryl methyl sites for hydroxylation is 1. The molecule has 0 unspecified atom stereocenters. The van der Waals surface area contributed by atoms with E-state index in [1.54, 1.807) is 0 Å². The van der Waals surface area contributed by atoms with Gasteiger partial charge < -0.3 is 15.4 Å². The summed E-state index contributed by atoms with van der Waals surface area (Å²) in [5.74, 6) is 1.03. The maximum Gasteiger partial charge on any atom is 0.234 e. The van der Waals surface area contributed by atoms with Crippen molar-refractivity contribution < 1.29 is 14.3 Å². The number of benzene rings is 2. The number of carbonyl (C=O) groups is 2. The number of rotatable bonds is 9. The van der Waals surface area contributed by atoms with Gasteiger partial charge >= 0.3 is 0 Å². The molecule has 0 aliphatic carbocycles. The van der Waals surface area contributed by atoms with Crippen LogP contribution >= 0.6 is 11.8 Å². The van der Waals surface area contributed by atoms with Gasteiger partial charge in [-0.1, -0.05) is 50.6 Å². The van der Waals surface area contributed by atoms with Crippen LogP contribution in [0.4, 0.5) is 5.69 Å². The van der Waals surface area contributed by atoms with Gasteiger partial charge in [-0.25, -0.2) is 0 Å². The lowest BCUT2D eigenvalue weighted by Gasteiger charge is -2.19. The summed E-state index contributed by atoms with van der Waals surface area (Å²) in [4.78, 5) is 23.8. The second-order valence-corrected chi connectivity index (χ2v) is 8.87. The van der Waals surface area contributed by atoms with Crippen molar-refractivity contribution in [2.45, 2.75) is 33.1 Å². The molecule has 0 saturated heterocycles. The number of amides is 2. The minimum Gasteiger partial charge on any atom is -0.492 e. The van der Waals surface area contributed by atoms with E-state index in [0.29, 0.717) is 13.2 Å². The molecule has 0 heterocycles. The van der Waals surface area contributed by atoms with Crippen LogP contribution in [0.2, 0.25) is 0 Å². The van der Waals surface area contributed by atoms with Crippen molar-refractivity contribution in [3.05, 3.63) is 59.7 Å². The lowest BCUT2D eigenvalue weighted by atomic mass is 9.87. The highest BCUT2D eigenvalue weighted by atomic mass is 32.2. The van der Waals surface area contributed by atoms with E-state index in [1.165, 1.54) is 17.3 Å². The van der Waals surface area contributed by atoms with Crippen LogP contribution in [0.25, 0.3) is 0 Å². The molecule has 0 fully saturated rings. The van der Waals surface area contributed by atoms with E-state index in [2.05, 4.69) is 43.5 Å². The van der Waals surface area contributed by atoms with Crippen molar-refractivity contribution in [3.63, 3.8) is 0 Å². The first-order chi connectivity index (χ1) is 13.7. The van der Waals surface area contributed by atoms with E-state index >= 15 is 0 Å². The summed E-state index contributed by atoms with van der Waals surface area (Å²) in [5, 5.41) is 5.62. The Balaban J connectivity index is 1.57. The minimum atomic E-state index is -0.117. The summed E-state index contributed by atoms with van der Waals surface area (Å²) in [5.41, 5.74) is 3.26. The largest absolute Gasteiger partial charge is 0.492 e. The predicted octanol–water partition coefficient (Wildman–Crippen LogP) is 4.16. The number of thioether (sulfide) groups is 1. The molecule has 0 radical (unpaired) electrons. The Morgan fingerprint density at radius 3 is 2.17 bits per heavy atom. The molecule has 0 saturated carbocycles. The average molecular weight is 415 g/mol. The third-order valence-electron chi connectivity index (χ3n) is 4.21. The molecule has 6 heteroatoms. The smallest absolute Gasteiger partial charge is 0.234 e. The van der Waals surface area contributed by atoms with Gasteiger partial charge in [0.1, 0.15) is 12.4 Å². The first kappa shape index (κ1) is 22.8. The number of nitrogens with one attached hydrogen (secondary N) is 2. The molecule has 0 spiro atoms. The van der Waals surface area contributed by atoms with Crippen LogP contribution in [0.5, 0.6) is 5.75 Å². The van der Waals surface area contributed by atoms with Crippen LogP contribution in [0, 0.1) is 6.92 Å². The van der Waals surface area contributed by atoms with Gasteiger partial charge in [0.2, 0.25) is 11.8 Å². The molecule has 0 aliphatic rings. The van der Waals surface area contributed by atoms with Gasteiger partial charge in [-0.15, -0.1) is 11.8 Å². The molecule has 0 aromatic heterocycles. The molecule has 29 heavy (non-hydrogen) atoms. The van der Waals surface area contributed by atoms with Crippen LogP contribution in [-0.2, 0) is 15.0 Å². The fraction of sp³-hybridized carbons (Fsp3) is 0.391. The van der Waals surface area contributed by atoms with E-state index in [1.807, 2.05) is 43.3 Å². The van der Waals surface area contributed by atoms with Gasteiger partial charge in [0.25, 0.3) is 0 Å². The highest BCUT2D eigenvalue weighted by molar-refractivity contribution is 8.00. The first-order valence-electron chi connectivity index (χ1n) is 9.68. The summed E-state index contributed by atoms with van der Waals surface area (Å²) in [6, 6.07) is 15.6. The Morgan fingerprint density at radius 2 is 1.55 bits per heavy atom. The fourth-order valence-electron chi connectivity index (χ4n) is 2.53. The maximum atomic E-state index is 11.9. The van der Waals surface area contributed by atoms with Crippen molar-refractivity contribution in [2.75, 3.05) is 30.0 Å². The molecule has 2 aromatic rings. The fourth-order valence-corrected chi connectivity index (χ4v) is 3.18. The highest BCUT2D eigenvalue weighted by Gasteiger charge is 2.13. The SMILES string of the molecule is Cc1ccc(NC(=O)CSCC(=O)NCCOc2ccc(C(C)(C)C)cc2)cc1. The van der Waals surface area contributed by atoms with Crippen LogP contribution in [-0.4, -0.2) is 36.5 Å². The Morgan fingerprint density at radius 1 is 0.931 bits per heavy atom. The molecular weight excluding hydrogens is 384 g/mol. The normalized spacial score (nSPS) is 11.0. The molecule has 156 valence electrons. The number of carbonyl (C=O) groups excluding carboxylic acids is 2. The van der Waals surface area contributed by atoms with Gasteiger partial charge in [-0.2, -0.15) is 0 Å². The summed E-state index contributed by atoms with van der Waals surface area (Å²) in [6.07, 6.45) is 0. The number of hydrogen-bond donors (Lipinski definition) is 2. The Kier molecular flexibility index (Phi) is 8.58. The summed E-state index contributed by atoms with van der Waals surface area (Å²) in [6.45, 7) is 9.33. The van der Waals surface area contributed by atoms with Crippen LogP contribution < -0.4 is 15.4 Å². The Hall–Kier alpha value is -2.47. The van der Waals surface area contributed by atoms with E-state index in [9.17, 15) is 9.59 Å². The van der Waals surface area contributed by atoms with E-state index in [-0.39, 0.29) is 28.7 Å². The monoisotopic (exact) mass is 414 g/mol. The number of anilines is 1. The lowest BCUT2D eigenvalue weighted by molar-refractivity contribution is -0.118. The minimum absolute atomic E-state index is 0.107. The molecular formula is C23H30N2O3S. The standard InChI is InChI=1S/C23H30N2O3S/c1-17-5-9-19(10-6-17)25-22(27)16-29-15-21(26)24-13-14-28-20-11-7-18(8-12-20)23(2,3)4/h5-12H,13-16H2,1-4H3,(H,24,26)(H,25,27). The summed E-state index contributed by atoms with van der Waals surface area (Å²) in [7, 11) is 0. The number of hydrogen-bond acceptors (Lipinski definition) is 4.